The second kappa shape index (κ2) is 6.83. The molecule has 0 fully saturated rings. The quantitative estimate of drug-likeness (QED) is 0.644. The summed E-state index contributed by atoms with van der Waals surface area (Å²) in [6.07, 6.45) is 7.86. The summed E-state index contributed by atoms with van der Waals surface area (Å²) in [6.45, 7) is 4.54. The Balaban J connectivity index is 2.62. The first-order chi connectivity index (χ1) is 6.79. The van der Waals surface area contributed by atoms with Gasteiger partial charge in [0.25, 0.3) is 0 Å². The molecule has 0 amide bonds. The first-order valence-electron chi connectivity index (χ1n) is 5.54. The molecule has 1 rings (SSSR count). The summed E-state index contributed by atoms with van der Waals surface area (Å²) in [7, 11) is 0. The third-order valence-corrected chi connectivity index (χ3v) is 4.78. The maximum absolute atomic E-state index is 2.49. The molecular formula is C12H19IS. The molecule has 0 saturated heterocycles. The molecule has 14 heavy (non-hydrogen) atoms. The van der Waals surface area contributed by atoms with Gasteiger partial charge in [-0.05, 0) is 64.8 Å². The second-order valence-electron chi connectivity index (χ2n) is 3.72. The van der Waals surface area contributed by atoms with Crippen molar-refractivity contribution < 1.29 is 0 Å². The Labute approximate surface area is 105 Å². The van der Waals surface area contributed by atoms with Crippen molar-refractivity contribution in [2.45, 2.75) is 52.4 Å². The minimum atomic E-state index is 1.29. The summed E-state index contributed by atoms with van der Waals surface area (Å²) in [4.78, 5) is 0. The summed E-state index contributed by atoms with van der Waals surface area (Å²) in [5.41, 5.74) is 3.26. The zero-order valence-electron chi connectivity index (χ0n) is 9.11. The molecule has 0 spiro atoms. The van der Waals surface area contributed by atoms with Crippen LogP contribution in [-0.4, -0.2) is 0 Å². The van der Waals surface area contributed by atoms with Crippen LogP contribution >= 0.6 is 33.9 Å². The highest BCUT2D eigenvalue weighted by atomic mass is 127. The monoisotopic (exact) mass is 322 g/mol. The van der Waals surface area contributed by atoms with E-state index in [2.05, 4.69) is 41.8 Å². The number of halogens is 1. The Hall–Kier alpha value is 0.430. The topological polar surface area (TPSA) is 0 Å². The maximum Gasteiger partial charge on any atom is 0.0688 e. The molecular weight excluding hydrogens is 303 g/mol. The van der Waals surface area contributed by atoms with Crippen molar-refractivity contribution in [1.29, 1.82) is 0 Å². The zero-order valence-corrected chi connectivity index (χ0v) is 12.1. The number of rotatable bonds is 6. The summed E-state index contributed by atoms with van der Waals surface area (Å²) < 4.78 is 1.52. The van der Waals surface area contributed by atoms with E-state index in [4.69, 9.17) is 0 Å². The lowest BCUT2D eigenvalue weighted by Gasteiger charge is -2.03. The summed E-state index contributed by atoms with van der Waals surface area (Å²) in [5, 5.41) is 2.36. The lowest BCUT2D eigenvalue weighted by Crippen LogP contribution is -1.92. The maximum atomic E-state index is 2.49. The van der Waals surface area contributed by atoms with Crippen molar-refractivity contribution in [3.05, 3.63) is 19.4 Å². The normalized spacial score (nSPS) is 10.8. The summed E-state index contributed by atoms with van der Waals surface area (Å²) in [5.74, 6) is 0. The van der Waals surface area contributed by atoms with E-state index < -0.39 is 0 Å². The molecule has 80 valence electrons. The number of hydrogen-bond donors (Lipinski definition) is 0. The van der Waals surface area contributed by atoms with E-state index in [1.807, 2.05) is 11.3 Å². The number of unbranched alkanes of at least 4 members (excludes halogenated alkanes) is 2. The molecule has 0 atom stereocenters. The van der Waals surface area contributed by atoms with E-state index in [1.54, 1.807) is 11.1 Å². The third-order valence-electron chi connectivity index (χ3n) is 2.51. The first-order valence-corrected chi connectivity index (χ1v) is 7.50. The van der Waals surface area contributed by atoms with Crippen LogP contribution in [0.25, 0.3) is 0 Å². The lowest BCUT2D eigenvalue weighted by atomic mass is 10.0. The fourth-order valence-electron chi connectivity index (χ4n) is 1.58. The molecule has 1 heterocycles. The smallest absolute Gasteiger partial charge is 0.0688 e. The van der Waals surface area contributed by atoms with Gasteiger partial charge in [-0.1, -0.05) is 26.7 Å². The predicted molar refractivity (Wildman–Crippen MR) is 74.3 cm³/mol. The van der Waals surface area contributed by atoms with Crippen molar-refractivity contribution in [1.82, 2.24) is 0 Å². The molecule has 0 aliphatic heterocycles. The Morgan fingerprint density at radius 3 is 2.43 bits per heavy atom. The average Bonchev–Trinajstić information content (AvgIpc) is 2.53. The van der Waals surface area contributed by atoms with Gasteiger partial charge in [-0.3, -0.25) is 0 Å². The number of hydrogen-bond acceptors (Lipinski definition) is 1. The largest absolute Gasteiger partial charge is 0.137 e. The van der Waals surface area contributed by atoms with Crippen molar-refractivity contribution >= 4 is 33.9 Å². The van der Waals surface area contributed by atoms with E-state index >= 15 is 0 Å². The van der Waals surface area contributed by atoms with E-state index in [0.717, 1.165) is 0 Å². The minimum absolute atomic E-state index is 1.29. The highest BCUT2D eigenvalue weighted by molar-refractivity contribution is 14.1. The van der Waals surface area contributed by atoms with Gasteiger partial charge in [0.05, 0.1) is 2.88 Å². The van der Waals surface area contributed by atoms with Crippen LogP contribution in [0.3, 0.4) is 0 Å². The van der Waals surface area contributed by atoms with E-state index in [0.29, 0.717) is 0 Å². The van der Waals surface area contributed by atoms with Crippen LogP contribution in [0.4, 0.5) is 0 Å². The number of aryl methyl sites for hydroxylation is 1. The molecule has 1 aromatic rings. The SMILES string of the molecule is CCCCc1csc(I)c1CCCC. The Bertz CT molecular complexity index is 265. The van der Waals surface area contributed by atoms with Gasteiger partial charge in [-0.15, -0.1) is 11.3 Å². The summed E-state index contributed by atoms with van der Waals surface area (Å²) >= 11 is 4.41. The molecule has 0 aromatic carbocycles. The van der Waals surface area contributed by atoms with E-state index in [1.165, 1.54) is 41.4 Å². The second-order valence-corrected chi connectivity index (χ2v) is 6.41. The van der Waals surface area contributed by atoms with Crippen molar-refractivity contribution in [3.8, 4) is 0 Å². The molecule has 0 unspecified atom stereocenters. The molecule has 1 aromatic heterocycles. The molecule has 0 bridgehead atoms. The molecule has 2 heteroatoms. The van der Waals surface area contributed by atoms with Crippen LogP contribution in [0.15, 0.2) is 5.38 Å². The van der Waals surface area contributed by atoms with Crippen LogP contribution < -0.4 is 0 Å². The molecule has 0 aliphatic rings. The fraction of sp³-hybridized carbons (Fsp3) is 0.667. The van der Waals surface area contributed by atoms with Crippen LogP contribution in [0.2, 0.25) is 0 Å². The molecule has 0 N–H and O–H groups in total. The average molecular weight is 322 g/mol. The summed E-state index contributed by atoms with van der Waals surface area (Å²) in [6, 6.07) is 0. The van der Waals surface area contributed by atoms with Gasteiger partial charge in [0.2, 0.25) is 0 Å². The van der Waals surface area contributed by atoms with Gasteiger partial charge in [0.15, 0.2) is 0 Å². The highest BCUT2D eigenvalue weighted by Gasteiger charge is 2.08. The predicted octanol–water partition coefficient (Wildman–Crippen LogP) is 5.04. The minimum Gasteiger partial charge on any atom is -0.137 e. The third kappa shape index (κ3) is 3.54. The van der Waals surface area contributed by atoms with Crippen molar-refractivity contribution in [2.24, 2.45) is 0 Å². The van der Waals surface area contributed by atoms with Gasteiger partial charge < -0.3 is 0 Å². The number of thiophene rings is 1. The van der Waals surface area contributed by atoms with Gasteiger partial charge in [0, 0.05) is 0 Å². The molecule has 0 aliphatic carbocycles. The fourth-order valence-corrected chi connectivity index (χ4v) is 3.46. The Morgan fingerprint density at radius 2 is 1.79 bits per heavy atom. The molecule has 0 radical (unpaired) electrons. The Kier molecular flexibility index (Phi) is 6.10. The van der Waals surface area contributed by atoms with Crippen LogP contribution in [0, 0.1) is 2.88 Å². The molecule has 0 saturated carbocycles. The van der Waals surface area contributed by atoms with Crippen molar-refractivity contribution in [3.63, 3.8) is 0 Å². The Morgan fingerprint density at radius 1 is 1.14 bits per heavy atom. The van der Waals surface area contributed by atoms with Crippen molar-refractivity contribution in [2.75, 3.05) is 0 Å². The lowest BCUT2D eigenvalue weighted by molar-refractivity contribution is 0.760. The van der Waals surface area contributed by atoms with E-state index in [-0.39, 0.29) is 0 Å². The van der Waals surface area contributed by atoms with Gasteiger partial charge in [-0.2, -0.15) is 0 Å². The first kappa shape index (κ1) is 12.5. The highest BCUT2D eigenvalue weighted by Crippen LogP contribution is 2.27. The van der Waals surface area contributed by atoms with Crippen LogP contribution in [-0.2, 0) is 12.8 Å². The van der Waals surface area contributed by atoms with Crippen LogP contribution in [0.5, 0.6) is 0 Å². The standard InChI is InChI=1S/C12H19IS/c1-3-5-7-10-9-14-12(13)11(10)8-6-4-2/h9H,3-8H2,1-2H3. The van der Waals surface area contributed by atoms with Gasteiger partial charge in [0.1, 0.15) is 0 Å². The molecule has 0 nitrogen and oxygen atoms in total. The van der Waals surface area contributed by atoms with Crippen LogP contribution in [0.1, 0.15) is 50.7 Å². The zero-order chi connectivity index (χ0) is 10.4. The van der Waals surface area contributed by atoms with Gasteiger partial charge >= 0.3 is 0 Å². The van der Waals surface area contributed by atoms with Gasteiger partial charge in [-0.25, -0.2) is 0 Å². The van der Waals surface area contributed by atoms with E-state index in [9.17, 15) is 0 Å².